The number of alkyl halides is 1. The number of Topliss-reactive ketones (excluding diaryl/α,β-unsaturated/α-hetero) is 1. The van der Waals surface area contributed by atoms with Crippen LogP contribution in [0.4, 0.5) is 4.39 Å². The molecule has 1 saturated heterocycles. The van der Waals surface area contributed by atoms with Crippen molar-refractivity contribution in [2.75, 3.05) is 13.1 Å². The molecule has 2 nitrogen and oxygen atoms in total. The van der Waals surface area contributed by atoms with Gasteiger partial charge in [-0.2, -0.15) is 12.6 Å². The monoisotopic (exact) mass is 267 g/mol. The van der Waals surface area contributed by atoms with Gasteiger partial charge in [0.1, 0.15) is 6.17 Å². The lowest BCUT2D eigenvalue weighted by molar-refractivity contribution is -0.123. The Morgan fingerprint density at radius 2 is 2.11 bits per heavy atom. The van der Waals surface area contributed by atoms with Crippen LogP contribution in [0.25, 0.3) is 0 Å². The van der Waals surface area contributed by atoms with Gasteiger partial charge in [-0.05, 0) is 18.9 Å². The SMILES string of the molecule is CC(S)C(=O)[C@@H](c1ccccc1)N1CC[C@H](F)C1. The number of halogens is 1. The first-order valence-corrected chi connectivity index (χ1v) is 6.76. The quantitative estimate of drug-likeness (QED) is 0.846. The molecule has 98 valence electrons. The second-order valence-corrected chi connectivity index (χ2v) is 5.55. The van der Waals surface area contributed by atoms with E-state index in [0.717, 1.165) is 5.56 Å². The molecule has 0 bridgehead atoms. The third-order valence-electron chi connectivity index (χ3n) is 3.32. The number of benzene rings is 1. The van der Waals surface area contributed by atoms with E-state index in [2.05, 4.69) is 12.6 Å². The fraction of sp³-hybridized carbons (Fsp3) is 0.500. The van der Waals surface area contributed by atoms with Crippen molar-refractivity contribution in [3.63, 3.8) is 0 Å². The molecule has 0 radical (unpaired) electrons. The highest BCUT2D eigenvalue weighted by Crippen LogP contribution is 2.28. The van der Waals surface area contributed by atoms with Crippen molar-refractivity contribution in [1.29, 1.82) is 0 Å². The topological polar surface area (TPSA) is 20.3 Å². The van der Waals surface area contributed by atoms with E-state index >= 15 is 0 Å². The Labute approximate surface area is 113 Å². The van der Waals surface area contributed by atoms with Crippen molar-refractivity contribution in [3.8, 4) is 0 Å². The Morgan fingerprint density at radius 3 is 2.61 bits per heavy atom. The molecule has 0 saturated carbocycles. The minimum absolute atomic E-state index is 0.0404. The van der Waals surface area contributed by atoms with Crippen LogP contribution in [0.1, 0.15) is 24.9 Å². The van der Waals surface area contributed by atoms with E-state index in [1.807, 2.05) is 35.2 Å². The summed E-state index contributed by atoms with van der Waals surface area (Å²) in [6.45, 7) is 2.74. The summed E-state index contributed by atoms with van der Waals surface area (Å²) in [6, 6.07) is 9.20. The number of nitrogens with zero attached hydrogens (tertiary/aromatic N) is 1. The van der Waals surface area contributed by atoms with Crippen LogP contribution in [0, 0.1) is 0 Å². The van der Waals surface area contributed by atoms with Crippen LogP contribution < -0.4 is 0 Å². The number of rotatable bonds is 4. The van der Waals surface area contributed by atoms with E-state index in [4.69, 9.17) is 0 Å². The van der Waals surface area contributed by atoms with Crippen molar-refractivity contribution in [1.82, 2.24) is 4.90 Å². The highest BCUT2D eigenvalue weighted by Gasteiger charge is 2.34. The largest absolute Gasteiger partial charge is 0.296 e. The molecule has 1 fully saturated rings. The third-order valence-corrected chi connectivity index (χ3v) is 3.58. The van der Waals surface area contributed by atoms with Crippen LogP contribution in [-0.2, 0) is 4.79 Å². The summed E-state index contributed by atoms with van der Waals surface area (Å²) >= 11 is 4.23. The van der Waals surface area contributed by atoms with Crippen LogP contribution in [-0.4, -0.2) is 35.2 Å². The normalized spacial score (nSPS) is 23.8. The maximum absolute atomic E-state index is 13.3. The van der Waals surface area contributed by atoms with Gasteiger partial charge in [-0.3, -0.25) is 9.69 Å². The van der Waals surface area contributed by atoms with E-state index in [1.54, 1.807) is 6.92 Å². The van der Waals surface area contributed by atoms with E-state index in [0.29, 0.717) is 19.5 Å². The lowest BCUT2D eigenvalue weighted by atomic mass is 9.99. The molecule has 3 atom stereocenters. The Kier molecular flexibility index (Phi) is 4.40. The summed E-state index contributed by atoms with van der Waals surface area (Å²) in [5.41, 5.74) is 0.928. The molecule has 1 aromatic rings. The highest BCUT2D eigenvalue weighted by atomic mass is 32.1. The molecule has 4 heteroatoms. The number of ketones is 1. The Morgan fingerprint density at radius 1 is 1.44 bits per heavy atom. The smallest absolute Gasteiger partial charge is 0.166 e. The molecule has 0 amide bonds. The van der Waals surface area contributed by atoms with Crippen LogP contribution in [0.15, 0.2) is 30.3 Å². The van der Waals surface area contributed by atoms with Gasteiger partial charge in [0, 0.05) is 13.1 Å². The van der Waals surface area contributed by atoms with E-state index in [-0.39, 0.29) is 17.1 Å². The summed E-state index contributed by atoms with van der Waals surface area (Å²) in [7, 11) is 0. The molecular formula is C14H18FNOS. The van der Waals surface area contributed by atoms with E-state index < -0.39 is 6.17 Å². The highest BCUT2D eigenvalue weighted by molar-refractivity contribution is 7.81. The molecule has 1 aliphatic heterocycles. The lowest BCUT2D eigenvalue weighted by Crippen LogP contribution is -2.35. The van der Waals surface area contributed by atoms with Gasteiger partial charge in [-0.25, -0.2) is 4.39 Å². The Hall–Kier alpha value is -0.870. The predicted octanol–water partition coefficient (Wildman–Crippen LogP) is 2.66. The molecule has 1 aliphatic rings. The maximum Gasteiger partial charge on any atom is 0.166 e. The van der Waals surface area contributed by atoms with Crippen LogP contribution in [0.5, 0.6) is 0 Å². The maximum atomic E-state index is 13.3. The molecule has 1 heterocycles. The molecule has 0 aliphatic carbocycles. The summed E-state index contributed by atoms with van der Waals surface area (Å²) < 4.78 is 13.3. The number of hydrogen-bond donors (Lipinski definition) is 1. The summed E-state index contributed by atoms with van der Waals surface area (Å²) in [5.74, 6) is 0.0404. The van der Waals surface area contributed by atoms with Gasteiger partial charge in [-0.15, -0.1) is 0 Å². The predicted molar refractivity (Wildman–Crippen MR) is 73.7 cm³/mol. The third kappa shape index (κ3) is 2.93. The Bertz CT molecular complexity index is 410. The second kappa shape index (κ2) is 5.85. The van der Waals surface area contributed by atoms with Crippen LogP contribution >= 0.6 is 12.6 Å². The number of carbonyl (C=O) groups excluding carboxylic acids is 1. The summed E-state index contributed by atoms with van der Waals surface area (Å²) in [6.07, 6.45) is -0.309. The van der Waals surface area contributed by atoms with Gasteiger partial charge < -0.3 is 0 Å². The molecule has 1 unspecified atom stereocenters. The van der Waals surface area contributed by atoms with Crippen molar-refractivity contribution in [3.05, 3.63) is 35.9 Å². The standard InChI is InChI=1S/C14H18FNOS/c1-10(18)14(17)13(11-5-3-2-4-6-11)16-8-7-12(15)9-16/h2-6,10,12-13,18H,7-9H2,1H3/t10?,12-,13+/m0/s1. The molecule has 0 N–H and O–H groups in total. The van der Waals surface area contributed by atoms with Crippen LogP contribution in [0.2, 0.25) is 0 Å². The zero-order chi connectivity index (χ0) is 13.1. The molecular weight excluding hydrogens is 249 g/mol. The summed E-state index contributed by atoms with van der Waals surface area (Å²) in [4.78, 5) is 14.2. The summed E-state index contributed by atoms with van der Waals surface area (Å²) in [5, 5.41) is -0.339. The molecule has 0 spiro atoms. The first-order chi connectivity index (χ1) is 8.59. The van der Waals surface area contributed by atoms with Crippen molar-refractivity contribution in [2.45, 2.75) is 30.8 Å². The van der Waals surface area contributed by atoms with Crippen LogP contribution in [0.3, 0.4) is 0 Å². The minimum atomic E-state index is -0.820. The van der Waals surface area contributed by atoms with Gasteiger partial charge in [-0.1, -0.05) is 30.3 Å². The number of thiol groups is 1. The molecule has 0 aromatic heterocycles. The fourth-order valence-electron chi connectivity index (χ4n) is 2.40. The zero-order valence-corrected chi connectivity index (χ0v) is 11.3. The van der Waals surface area contributed by atoms with Gasteiger partial charge in [0.2, 0.25) is 0 Å². The van der Waals surface area contributed by atoms with Crippen molar-refractivity contribution in [2.24, 2.45) is 0 Å². The van der Waals surface area contributed by atoms with Gasteiger partial charge in [0.25, 0.3) is 0 Å². The number of carbonyl (C=O) groups is 1. The zero-order valence-electron chi connectivity index (χ0n) is 10.4. The van der Waals surface area contributed by atoms with Gasteiger partial charge in [0.05, 0.1) is 11.3 Å². The van der Waals surface area contributed by atoms with Crippen molar-refractivity contribution < 1.29 is 9.18 Å². The second-order valence-electron chi connectivity index (χ2n) is 4.77. The average Bonchev–Trinajstić information content (AvgIpc) is 2.77. The first kappa shape index (κ1) is 13.6. The number of hydrogen-bond acceptors (Lipinski definition) is 3. The van der Waals surface area contributed by atoms with Gasteiger partial charge in [0.15, 0.2) is 5.78 Å². The molecule has 2 rings (SSSR count). The Balaban J connectivity index is 2.26. The number of likely N-dealkylation sites (tertiary alicyclic amines) is 1. The first-order valence-electron chi connectivity index (χ1n) is 6.24. The van der Waals surface area contributed by atoms with Gasteiger partial charge >= 0.3 is 0 Å². The van der Waals surface area contributed by atoms with E-state index in [1.165, 1.54) is 0 Å². The average molecular weight is 267 g/mol. The fourth-order valence-corrected chi connectivity index (χ4v) is 2.54. The molecule has 18 heavy (non-hydrogen) atoms. The van der Waals surface area contributed by atoms with E-state index in [9.17, 15) is 9.18 Å². The molecule has 1 aromatic carbocycles. The lowest BCUT2D eigenvalue weighted by Gasteiger charge is -2.27. The minimum Gasteiger partial charge on any atom is -0.296 e. The van der Waals surface area contributed by atoms with Crippen molar-refractivity contribution >= 4 is 18.4 Å².